The van der Waals surface area contributed by atoms with E-state index < -0.39 is 18.2 Å². The van der Waals surface area contributed by atoms with Gasteiger partial charge >= 0.3 is 0 Å². The lowest BCUT2D eigenvalue weighted by Crippen LogP contribution is -2.45. The second-order valence-electron chi connectivity index (χ2n) is 10.5. The minimum absolute atomic E-state index is 0.0593. The molecule has 1 spiro atoms. The van der Waals surface area contributed by atoms with E-state index in [2.05, 4.69) is 33.9 Å². The van der Waals surface area contributed by atoms with E-state index in [0.29, 0.717) is 15.7 Å². The van der Waals surface area contributed by atoms with Crippen LogP contribution in [-0.4, -0.2) is 22.8 Å². The molecule has 0 heterocycles. The highest BCUT2D eigenvalue weighted by molar-refractivity contribution is 7.95. The Balaban J connectivity index is 1.83. The Bertz CT molecular complexity index is 896. The number of allylic oxidation sites excluding steroid dienone is 1. The molecule has 1 aromatic carbocycles. The van der Waals surface area contributed by atoms with Gasteiger partial charge in [0.05, 0.1) is 15.9 Å². The lowest BCUT2D eigenvalue weighted by Gasteiger charge is -2.39. The van der Waals surface area contributed by atoms with Crippen LogP contribution in [0.4, 0.5) is 0 Å². The zero-order valence-corrected chi connectivity index (χ0v) is 19.7. The van der Waals surface area contributed by atoms with Crippen LogP contribution in [0.15, 0.2) is 45.7 Å². The first kappa shape index (κ1) is 20.4. The Morgan fingerprint density at radius 1 is 1.11 bits per heavy atom. The van der Waals surface area contributed by atoms with Crippen LogP contribution in [0, 0.1) is 11.3 Å². The maximum atomic E-state index is 13.8. The van der Waals surface area contributed by atoms with Gasteiger partial charge in [0.25, 0.3) is 0 Å². The van der Waals surface area contributed by atoms with E-state index in [1.807, 2.05) is 18.2 Å². The normalized spacial score (nSPS) is 30.6. The van der Waals surface area contributed by atoms with Crippen molar-refractivity contribution in [3.05, 3.63) is 40.8 Å². The molecule has 0 N–H and O–H groups in total. The summed E-state index contributed by atoms with van der Waals surface area (Å²) in [5.41, 5.74) is 1.31. The van der Waals surface area contributed by atoms with Crippen molar-refractivity contribution in [3.63, 3.8) is 0 Å². The third-order valence-electron chi connectivity index (χ3n) is 8.03. The molecule has 4 rings (SSSR count). The van der Waals surface area contributed by atoms with Crippen LogP contribution < -0.4 is 0 Å². The largest absolute Gasteiger partial charge is 0.409 e. The Morgan fingerprint density at radius 2 is 1.79 bits per heavy atom. The molecule has 0 aromatic heterocycles. The van der Waals surface area contributed by atoms with E-state index in [1.165, 1.54) is 18.4 Å². The van der Waals surface area contributed by atoms with Crippen molar-refractivity contribution in [1.29, 1.82) is 0 Å². The highest BCUT2D eigenvalue weighted by Crippen LogP contribution is 2.66. The number of rotatable bonds is 4. The first-order valence-corrected chi connectivity index (χ1v) is 15.1. The molecule has 3 nitrogen and oxygen atoms in total. The predicted molar refractivity (Wildman–Crippen MR) is 116 cm³/mol. The molecule has 2 saturated carbocycles. The minimum Gasteiger partial charge on any atom is -0.409 e. The quantitative estimate of drug-likeness (QED) is 0.556. The summed E-state index contributed by atoms with van der Waals surface area (Å²) in [5, 5.41) is 0.0593. The first-order chi connectivity index (χ1) is 13.0. The Kier molecular flexibility index (Phi) is 4.76. The van der Waals surface area contributed by atoms with E-state index in [4.69, 9.17) is 4.43 Å². The average molecular weight is 419 g/mol. The summed E-state index contributed by atoms with van der Waals surface area (Å²) in [6.45, 7) is 11.2. The SMILES string of the molecule is CC(C)(C)[Si](C)(C)O[C@@H]1C[C@]23CCC[C@H]2CCC3=C1S(=O)(=O)c1ccccc1. The average Bonchev–Trinajstić information content (AvgIpc) is 3.22. The van der Waals surface area contributed by atoms with Crippen molar-refractivity contribution >= 4 is 18.2 Å². The molecular weight excluding hydrogens is 384 g/mol. The van der Waals surface area contributed by atoms with Crippen molar-refractivity contribution in [2.45, 2.75) is 88.4 Å². The van der Waals surface area contributed by atoms with Gasteiger partial charge in [0.1, 0.15) is 0 Å². The van der Waals surface area contributed by atoms with E-state index in [0.717, 1.165) is 25.7 Å². The number of hydrogen-bond donors (Lipinski definition) is 0. The maximum Gasteiger partial charge on any atom is 0.205 e. The lowest BCUT2D eigenvalue weighted by atomic mass is 9.77. The minimum atomic E-state index is -3.53. The number of benzene rings is 1. The fourth-order valence-corrected chi connectivity index (χ4v) is 8.83. The Morgan fingerprint density at radius 3 is 2.43 bits per heavy atom. The van der Waals surface area contributed by atoms with Crippen molar-refractivity contribution in [2.24, 2.45) is 11.3 Å². The summed E-state index contributed by atoms with van der Waals surface area (Å²) >= 11 is 0. The molecule has 3 atom stereocenters. The summed E-state index contributed by atoms with van der Waals surface area (Å²) in [6.07, 6.45) is 6.29. The van der Waals surface area contributed by atoms with Gasteiger partial charge in [-0.05, 0) is 79.3 Å². The summed E-state index contributed by atoms with van der Waals surface area (Å²) < 4.78 is 34.4. The van der Waals surface area contributed by atoms with E-state index in [-0.39, 0.29) is 16.6 Å². The smallest absolute Gasteiger partial charge is 0.205 e. The zero-order chi connectivity index (χ0) is 20.4. The van der Waals surface area contributed by atoms with Crippen LogP contribution in [-0.2, 0) is 14.3 Å². The summed E-state index contributed by atoms with van der Waals surface area (Å²) in [4.78, 5) is 1.05. The van der Waals surface area contributed by atoms with Crippen LogP contribution in [0.25, 0.3) is 0 Å². The topological polar surface area (TPSA) is 43.4 Å². The van der Waals surface area contributed by atoms with Gasteiger partial charge in [-0.3, -0.25) is 0 Å². The molecular formula is C23H34O3SSi. The van der Waals surface area contributed by atoms with E-state index in [9.17, 15) is 8.42 Å². The third kappa shape index (κ3) is 2.96. The van der Waals surface area contributed by atoms with Crippen LogP contribution in [0.3, 0.4) is 0 Å². The molecule has 5 heteroatoms. The molecule has 1 aromatic rings. The van der Waals surface area contributed by atoms with Crippen molar-refractivity contribution in [3.8, 4) is 0 Å². The highest BCUT2D eigenvalue weighted by atomic mass is 32.2. The van der Waals surface area contributed by atoms with Crippen molar-refractivity contribution in [2.75, 3.05) is 0 Å². The molecule has 0 saturated heterocycles. The molecule has 154 valence electrons. The van der Waals surface area contributed by atoms with Crippen LogP contribution >= 0.6 is 0 Å². The highest BCUT2D eigenvalue weighted by Gasteiger charge is 2.59. The van der Waals surface area contributed by atoms with Gasteiger partial charge in [-0.2, -0.15) is 0 Å². The van der Waals surface area contributed by atoms with Gasteiger partial charge in [0.2, 0.25) is 9.84 Å². The van der Waals surface area contributed by atoms with E-state index in [1.54, 1.807) is 12.1 Å². The fourth-order valence-electron chi connectivity index (χ4n) is 5.60. The molecule has 0 unspecified atom stereocenters. The van der Waals surface area contributed by atoms with Gasteiger partial charge in [-0.25, -0.2) is 8.42 Å². The zero-order valence-electron chi connectivity index (χ0n) is 17.9. The number of hydrogen-bond acceptors (Lipinski definition) is 3. The van der Waals surface area contributed by atoms with Crippen molar-refractivity contribution < 1.29 is 12.8 Å². The molecule has 0 amide bonds. The fraction of sp³-hybridized carbons (Fsp3) is 0.652. The van der Waals surface area contributed by atoms with Crippen LogP contribution in [0.2, 0.25) is 18.1 Å². The molecule has 28 heavy (non-hydrogen) atoms. The van der Waals surface area contributed by atoms with Gasteiger partial charge < -0.3 is 4.43 Å². The standard InChI is InChI=1S/C23H34O3SSi/c1-22(2,3)28(4,5)26-20-16-23-15-9-10-17(23)13-14-19(23)21(20)27(24,25)18-11-7-6-8-12-18/h6-8,11-12,17,20H,9-10,13-16H2,1-5H3/t17-,20+,23+/m0/s1. The van der Waals surface area contributed by atoms with Crippen LogP contribution in [0.1, 0.15) is 59.3 Å². The number of sulfone groups is 1. The van der Waals surface area contributed by atoms with Crippen molar-refractivity contribution in [1.82, 2.24) is 0 Å². The second kappa shape index (κ2) is 6.54. The molecule has 0 aliphatic heterocycles. The first-order valence-electron chi connectivity index (χ1n) is 10.7. The Labute approximate surface area is 171 Å². The van der Waals surface area contributed by atoms with Gasteiger partial charge in [-0.15, -0.1) is 0 Å². The Hall–Kier alpha value is -0.913. The summed E-state index contributed by atoms with van der Waals surface area (Å²) in [6, 6.07) is 8.98. The molecule has 0 bridgehead atoms. The van der Waals surface area contributed by atoms with Crippen LogP contribution in [0.5, 0.6) is 0 Å². The van der Waals surface area contributed by atoms with Gasteiger partial charge in [0.15, 0.2) is 8.32 Å². The molecule has 3 aliphatic carbocycles. The summed E-state index contributed by atoms with van der Waals surface area (Å²) in [7, 11) is -5.61. The molecule has 2 fully saturated rings. The maximum absolute atomic E-state index is 13.8. The molecule has 0 radical (unpaired) electrons. The summed E-state index contributed by atoms with van der Waals surface area (Å²) in [5.74, 6) is 0.650. The van der Waals surface area contributed by atoms with Gasteiger partial charge in [0, 0.05) is 0 Å². The monoisotopic (exact) mass is 418 g/mol. The third-order valence-corrected chi connectivity index (χ3v) is 14.5. The predicted octanol–water partition coefficient (Wildman–Crippen LogP) is 6.09. The molecule has 3 aliphatic rings. The second-order valence-corrected chi connectivity index (χ2v) is 17.2. The van der Waals surface area contributed by atoms with Gasteiger partial charge in [-0.1, -0.05) is 45.4 Å². The lowest BCUT2D eigenvalue weighted by molar-refractivity contribution is 0.162. The van der Waals surface area contributed by atoms with E-state index >= 15 is 0 Å².